The number of aromatic nitrogens is 3. The van der Waals surface area contributed by atoms with Crippen LogP contribution in [0.1, 0.15) is 54.3 Å². The van der Waals surface area contributed by atoms with E-state index >= 15 is 0 Å². The van der Waals surface area contributed by atoms with Gasteiger partial charge in [0.1, 0.15) is 17.2 Å². The van der Waals surface area contributed by atoms with E-state index in [4.69, 9.17) is 0 Å². The van der Waals surface area contributed by atoms with Gasteiger partial charge < -0.3 is 10.1 Å². The van der Waals surface area contributed by atoms with Crippen LogP contribution in [-0.2, 0) is 11.2 Å². The zero-order chi connectivity index (χ0) is 22.5. The third kappa shape index (κ3) is 6.78. The van der Waals surface area contributed by atoms with Crippen LogP contribution in [0.25, 0.3) is 0 Å². The summed E-state index contributed by atoms with van der Waals surface area (Å²) in [7, 11) is 0. The Kier molecular flexibility index (Phi) is 7.47. The summed E-state index contributed by atoms with van der Waals surface area (Å²) in [6, 6.07) is 3.05. The van der Waals surface area contributed by atoms with Gasteiger partial charge >= 0.3 is 6.18 Å². The van der Waals surface area contributed by atoms with Crippen LogP contribution in [0.15, 0.2) is 24.5 Å². The zero-order valence-electron chi connectivity index (χ0n) is 17.1. The van der Waals surface area contributed by atoms with Gasteiger partial charge in [0.05, 0.1) is 12.2 Å². The fourth-order valence-electron chi connectivity index (χ4n) is 2.47. The topological polar surface area (TPSA) is 94.1 Å². The van der Waals surface area contributed by atoms with Gasteiger partial charge in [0.25, 0.3) is 5.91 Å². The minimum atomic E-state index is -4.50. The van der Waals surface area contributed by atoms with Crippen molar-refractivity contribution in [2.24, 2.45) is 5.92 Å². The normalized spacial score (nSPS) is 12.5. The molecule has 0 aliphatic carbocycles. The average Bonchev–Trinajstić information content (AvgIpc) is 2.66. The number of halogens is 3. The van der Waals surface area contributed by atoms with Crippen molar-refractivity contribution in [2.45, 2.75) is 46.3 Å². The summed E-state index contributed by atoms with van der Waals surface area (Å²) in [4.78, 5) is 36.3. The smallest absolute Gasteiger partial charge is 0.422 e. The van der Waals surface area contributed by atoms with Crippen LogP contribution in [-0.4, -0.2) is 39.4 Å². The van der Waals surface area contributed by atoms with Gasteiger partial charge in [-0.3, -0.25) is 14.6 Å². The number of ketones is 1. The Morgan fingerprint density at radius 1 is 1.20 bits per heavy atom. The summed E-state index contributed by atoms with van der Waals surface area (Å²) in [6.45, 7) is 5.30. The molecule has 0 saturated heterocycles. The number of amides is 1. The second-order valence-corrected chi connectivity index (χ2v) is 7.12. The molecule has 0 aliphatic heterocycles. The molecule has 10 heteroatoms. The molecular weight excluding hydrogens is 401 g/mol. The fraction of sp³-hybridized carbons (Fsp3) is 0.450. The van der Waals surface area contributed by atoms with Crippen molar-refractivity contribution in [2.75, 3.05) is 6.61 Å². The van der Waals surface area contributed by atoms with Crippen molar-refractivity contribution in [3.8, 4) is 5.88 Å². The fourth-order valence-corrected chi connectivity index (χ4v) is 2.47. The summed E-state index contributed by atoms with van der Waals surface area (Å²) in [5.41, 5.74) is 1.37. The van der Waals surface area contributed by atoms with Crippen LogP contribution in [0.3, 0.4) is 0 Å². The van der Waals surface area contributed by atoms with E-state index in [1.165, 1.54) is 6.92 Å². The van der Waals surface area contributed by atoms with Gasteiger partial charge in [0, 0.05) is 24.2 Å². The minimum absolute atomic E-state index is 0.0528. The van der Waals surface area contributed by atoms with E-state index in [1.807, 2.05) is 13.8 Å². The SMILES string of the molecule is Cc1nc(C(=O)NC(C)c2ccnc(CC(=O)C(C)C)c2)cnc1OCC(F)(F)F. The van der Waals surface area contributed by atoms with Gasteiger partial charge in [-0.2, -0.15) is 13.2 Å². The van der Waals surface area contributed by atoms with Crippen molar-refractivity contribution in [1.29, 1.82) is 0 Å². The van der Waals surface area contributed by atoms with Crippen molar-refractivity contribution < 1.29 is 27.5 Å². The lowest BCUT2D eigenvalue weighted by atomic mass is 10.0. The number of nitrogens with zero attached hydrogens (tertiary/aromatic N) is 3. The van der Waals surface area contributed by atoms with E-state index in [0.29, 0.717) is 5.69 Å². The van der Waals surface area contributed by atoms with E-state index in [9.17, 15) is 22.8 Å². The predicted molar refractivity (Wildman–Crippen MR) is 102 cm³/mol. The number of Topliss-reactive ketones (excluding diaryl/α,β-unsaturated/α-hetero) is 1. The molecule has 2 aromatic rings. The Balaban J connectivity index is 2.05. The third-order valence-electron chi connectivity index (χ3n) is 4.19. The molecule has 1 N–H and O–H groups in total. The number of carbonyl (C=O) groups excluding carboxylic acids is 2. The summed E-state index contributed by atoms with van der Waals surface area (Å²) in [6.07, 6.45) is -1.67. The highest BCUT2D eigenvalue weighted by Gasteiger charge is 2.29. The maximum absolute atomic E-state index is 12.5. The number of aryl methyl sites for hydroxylation is 1. The average molecular weight is 424 g/mol. The molecule has 1 atom stereocenters. The molecule has 0 saturated carbocycles. The Bertz CT molecular complexity index is 916. The number of rotatable bonds is 8. The number of alkyl halides is 3. The predicted octanol–water partition coefficient (Wildman–Crippen LogP) is 3.38. The number of pyridine rings is 1. The van der Waals surface area contributed by atoms with Crippen LogP contribution >= 0.6 is 0 Å². The Hall–Kier alpha value is -3.04. The van der Waals surface area contributed by atoms with E-state index in [-0.39, 0.29) is 35.4 Å². The molecule has 30 heavy (non-hydrogen) atoms. The molecule has 1 amide bonds. The van der Waals surface area contributed by atoms with Gasteiger partial charge in [0.15, 0.2) is 6.61 Å². The molecule has 2 heterocycles. The molecule has 7 nitrogen and oxygen atoms in total. The number of carbonyl (C=O) groups is 2. The molecule has 0 fully saturated rings. The summed E-state index contributed by atoms with van der Waals surface area (Å²) in [5.74, 6) is -0.866. The zero-order valence-corrected chi connectivity index (χ0v) is 17.1. The third-order valence-corrected chi connectivity index (χ3v) is 4.19. The van der Waals surface area contributed by atoms with Crippen LogP contribution in [0.5, 0.6) is 5.88 Å². The first-order valence-electron chi connectivity index (χ1n) is 9.28. The molecule has 162 valence electrons. The van der Waals surface area contributed by atoms with Crippen LogP contribution in [0.4, 0.5) is 13.2 Å². The van der Waals surface area contributed by atoms with E-state index in [1.54, 1.807) is 25.3 Å². The lowest BCUT2D eigenvalue weighted by Gasteiger charge is -2.15. The number of hydrogen-bond donors (Lipinski definition) is 1. The van der Waals surface area contributed by atoms with E-state index in [2.05, 4.69) is 25.0 Å². The Morgan fingerprint density at radius 3 is 2.50 bits per heavy atom. The molecule has 0 aromatic carbocycles. The van der Waals surface area contributed by atoms with Crippen LogP contribution < -0.4 is 10.1 Å². The second kappa shape index (κ2) is 9.64. The van der Waals surface area contributed by atoms with Crippen LogP contribution in [0, 0.1) is 12.8 Å². The van der Waals surface area contributed by atoms with Gasteiger partial charge in [-0.1, -0.05) is 13.8 Å². The number of ether oxygens (including phenoxy) is 1. The highest BCUT2D eigenvalue weighted by molar-refractivity contribution is 5.92. The Labute approximate surface area is 172 Å². The first-order chi connectivity index (χ1) is 14.0. The van der Waals surface area contributed by atoms with Crippen molar-refractivity contribution >= 4 is 11.7 Å². The van der Waals surface area contributed by atoms with Gasteiger partial charge in [-0.15, -0.1) is 0 Å². The van der Waals surface area contributed by atoms with Crippen LogP contribution in [0.2, 0.25) is 0 Å². The number of nitrogens with one attached hydrogen (secondary N) is 1. The van der Waals surface area contributed by atoms with E-state index in [0.717, 1.165) is 11.8 Å². The molecule has 0 spiro atoms. The van der Waals surface area contributed by atoms with Gasteiger partial charge in [-0.05, 0) is 31.5 Å². The van der Waals surface area contributed by atoms with Crippen molar-refractivity contribution in [3.05, 3.63) is 47.2 Å². The standard InChI is InChI=1S/C20H23F3N4O3/c1-11(2)17(28)8-15-7-14(5-6-24-15)12(3)27-18(29)16-9-25-19(13(4)26-16)30-10-20(21,22)23/h5-7,9,11-12H,8,10H2,1-4H3,(H,27,29). The lowest BCUT2D eigenvalue weighted by Crippen LogP contribution is -2.28. The van der Waals surface area contributed by atoms with Gasteiger partial charge in [-0.25, -0.2) is 9.97 Å². The summed E-state index contributed by atoms with van der Waals surface area (Å²) in [5, 5.41) is 2.74. The number of hydrogen-bond acceptors (Lipinski definition) is 6. The summed E-state index contributed by atoms with van der Waals surface area (Å²) < 4.78 is 41.4. The maximum Gasteiger partial charge on any atom is 0.422 e. The summed E-state index contributed by atoms with van der Waals surface area (Å²) >= 11 is 0. The molecule has 0 aliphatic rings. The molecule has 2 aromatic heterocycles. The molecule has 0 radical (unpaired) electrons. The largest absolute Gasteiger partial charge is 0.467 e. The van der Waals surface area contributed by atoms with Crippen molar-refractivity contribution in [1.82, 2.24) is 20.3 Å². The van der Waals surface area contributed by atoms with E-state index < -0.39 is 24.7 Å². The monoisotopic (exact) mass is 424 g/mol. The quantitative estimate of drug-likeness (QED) is 0.698. The molecular formula is C20H23F3N4O3. The highest BCUT2D eigenvalue weighted by Crippen LogP contribution is 2.19. The minimum Gasteiger partial charge on any atom is -0.467 e. The highest BCUT2D eigenvalue weighted by atomic mass is 19.4. The first kappa shape index (κ1) is 23.2. The van der Waals surface area contributed by atoms with Gasteiger partial charge in [0.2, 0.25) is 5.88 Å². The second-order valence-electron chi connectivity index (χ2n) is 7.12. The molecule has 2 rings (SSSR count). The first-order valence-corrected chi connectivity index (χ1v) is 9.28. The lowest BCUT2D eigenvalue weighted by molar-refractivity contribution is -0.154. The maximum atomic E-state index is 12.5. The molecule has 0 bridgehead atoms. The van der Waals surface area contributed by atoms with Crippen molar-refractivity contribution in [3.63, 3.8) is 0 Å². The Morgan fingerprint density at radius 2 is 1.90 bits per heavy atom. The molecule has 1 unspecified atom stereocenters.